The third-order valence-corrected chi connectivity index (χ3v) is 5.13. The third kappa shape index (κ3) is 11.2. The second-order valence-electron chi connectivity index (χ2n) is 8.39. The Labute approximate surface area is 222 Å². The maximum absolute atomic E-state index is 12.1. The van der Waals surface area contributed by atoms with Crippen molar-refractivity contribution >= 4 is 41.1 Å². The number of amides is 2. The smallest absolute Gasteiger partial charge is 0.338 e. The van der Waals surface area contributed by atoms with Gasteiger partial charge in [-0.1, -0.05) is 20.3 Å². The van der Waals surface area contributed by atoms with Crippen molar-refractivity contribution in [2.75, 3.05) is 30.5 Å². The Morgan fingerprint density at radius 3 is 1.66 bits per heavy atom. The summed E-state index contributed by atoms with van der Waals surface area (Å²) in [4.78, 5) is 59.8. The van der Waals surface area contributed by atoms with Crippen LogP contribution in [0.1, 0.15) is 73.1 Å². The van der Waals surface area contributed by atoms with Gasteiger partial charge >= 0.3 is 17.9 Å². The van der Waals surface area contributed by atoms with Gasteiger partial charge in [0.05, 0.1) is 24.3 Å². The van der Waals surface area contributed by atoms with E-state index in [-0.39, 0.29) is 25.2 Å². The molecule has 2 rings (SSSR count). The number of nitrogens with one attached hydrogen (secondary N) is 2. The Morgan fingerprint density at radius 2 is 1.13 bits per heavy atom. The Hall–Kier alpha value is -4.21. The molecule has 0 unspecified atom stereocenters. The van der Waals surface area contributed by atoms with Crippen LogP contribution in [0.2, 0.25) is 0 Å². The van der Waals surface area contributed by atoms with Crippen molar-refractivity contribution in [3.63, 3.8) is 0 Å². The molecule has 0 heterocycles. The number of anilines is 2. The molecule has 2 aromatic rings. The van der Waals surface area contributed by atoms with Crippen LogP contribution in [0.5, 0.6) is 0 Å². The number of rotatable bonds is 15. The lowest BCUT2D eigenvalue weighted by molar-refractivity contribution is -0.147. The van der Waals surface area contributed by atoms with Gasteiger partial charge in [-0.3, -0.25) is 14.4 Å². The summed E-state index contributed by atoms with van der Waals surface area (Å²) in [6.07, 6.45) is 2.74. The molecule has 10 nitrogen and oxygen atoms in total. The largest absolute Gasteiger partial charge is 0.462 e. The SMILES string of the molecule is CCCCOC(=O)c1ccc(NC(=O)COC(=O)CCCC(=O)Nc2ccc(C(=O)OCCC)cc2)cc1. The zero-order valence-electron chi connectivity index (χ0n) is 21.7. The minimum atomic E-state index is -0.604. The Balaban J connectivity index is 1.64. The van der Waals surface area contributed by atoms with Crippen LogP contribution in [0.4, 0.5) is 11.4 Å². The van der Waals surface area contributed by atoms with E-state index in [1.165, 1.54) is 12.1 Å². The predicted molar refractivity (Wildman–Crippen MR) is 141 cm³/mol. The Bertz CT molecular complexity index is 1080. The van der Waals surface area contributed by atoms with Gasteiger partial charge in [-0.2, -0.15) is 0 Å². The molecule has 2 amide bonds. The van der Waals surface area contributed by atoms with Gasteiger partial charge in [0.1, 0.15) is 0 Å². The average Bonchev–Trinajstić information content (AvgIpc) is 2.91. The summed E-state index contributed by atoms with van der Waals surface area (Å²) in [5, 5.41) is 5.27. The second-order valence-corrected chi connectivity index (χ2v) is 8.39. The van der Waals surface area contributed by atoms with Crippen LogP contribution >= 0.6 is 0 Å². The van der Waals surface area contributed by atoms with E-state index in [9.17, 15) is 24.0 Å². The zero-order chi connectivity index (χ0) is 27.8. The van der Waals surface area contributed by atoms with E-state index in [4.69, 9.17) is 14.2 Å². The van der Waals surface area contributed by atoms with E-state index in [1.54, 1.807) is 36.4 Å². The maximum Gasteiger partial charge on any atom is 0.338 e. The van der Waals surface area contributed by atoms with E-state index >= 15 is 0 Å². The molecule has 10 heteroatoms. The van der Waals surface area contributed by atoms with E-state index in [2.05, 4.69) is 10.6 Å². The molecule has 0 fully saturated rings. The van der Waals surface area contributed by atoms with Crippen LogP contribution in [0, 0.1) is 0 Å². The molecule has 0 bridgehead atoms. The summed E-state index contributed by atoms with van der Waals surface area (Å²) in [6, 6.07) is 12.5. The second kappa shape index (κ2) is 16.5. The molecule has 0 radical (unpaired) electrons. The van der Waals surface area contributed by atoms with Gasteiger partial charge in [0.25, 0.3) is 5.91 Å². The highest BCUT2D eigenvalue weighted by atomic mass is 16.5. The molecule has 0 saturated heterocycles. The minimum Gasteiger partial charge on any atom is -0.462 e. The number of unbranched alkanes of at least 4 members (excludes halogenated alkanes) is 1. The predicted octanol–water partition coefficient (Wildman–Crippen LogP) is 4.50. The van der Waals surface area contributed by atoms with Crippen LogP contribution < -0.4 is 10.6 Å². The molecule has 0 aromatic heterocycles. The number of carbonyl (C=O) groups excluding carboxylic acids is 5. The van der Waals surface area contributed by atoms with Crippen LogP contribution in [0.25, 0.3) is 0 Å². The number of hydrogen-bond donors (Lipinski definition) is 2. The van der Waals surface area contributed by atoms with Crippen molar-refractivity contribution in [3.05, 3.63) is 59.7 Å². The molecule has 0 atom stereocenters. The molecule has 2 aromatic carbocycles. The number of esters is 3. The molecule has 204 valence electrons. The van der Waals surface area contributed by atoms with Gasteiger partial charge in [0, 0.05) is 24.2 Å². The Kier molecular flexibility index (Phi) is 13.0. The van der Waals surface area contributed by atoms with Gasteiger partial charge in [-0.05, 0) is 67.8 Å². The number of benzene rings is 2. The van der Waals surface area contributed by atoms with Crippen molar-refractivity contribution in [2.45, 2.75) is 52.4 Å². The third-order valence-electron chi connectivity index (χ3n) is 5.13. The summed E-state index contributed by atoms with van der Waals surface area (Å²) in [5.41, 5.74) is 1.72. The molecule has 0 aliphatic heterocycles. The van der Waals surface area contributed by atoms with Gasteiger partial charge in [-0.15, -0.1) is 0 Å². The molecular formula is C28H34N2O8. The lowest BCUT2D eigenvalue weighted by Crippen LogP contribution is -2.21. The van der Waals surface area contributed by atoms with Crippen molar-refractivity contribution in [1.82, 2.24) is 0 Å². The molecule has 0 spiro atoms. The van der Waals surface area contributed by atoms with Crippen LogP contribution in [0.3, 0.4) is 0 Å². The lowest BCUT2D eigenvalue weighted by Gasteiger charge is -2.08. The van der Waals surface area contributed by atoms with Crippen LogP contribution in [0.15, 0.2) is 48.5 Å². The molecule has 0 aliphatic rings. The van der Waals surface area contributed by atoms with E-state index < -0.39 is 30.4 Å². The first-order valence-electron chi connectivity index (χ1n) is 12.6. The molecule has 0 saturated carbocycles. The molecule has 38 heavy (non-hydrogen) atoms. The summed E-state index contributed by atoms with van der Waals surface area (Å²) >= 11 is 0. The highest BCUT2D eigenvalue weighted by molar-refractivity contribution is 5.95. The lowest BCUT2D eigenvalue weighted by atomic mass is 10.2. The fourth-order valence-electron chi connectivity index (χ4n) is 3.08. The molecular weight excluding hydrogens is 492 g/mol. The minimum absolute atomic E-state index is 0.0300. The van der Waals surface area contributed by atoms with Crippen molar-refractivity contribution in [2.24, 2.45) is 0 Å². The van der Waals surface area contributed by atoms with E-state index in [1.807, 2.05) is 13.8 Å². The maximum atomic E-state index is 12.1. The van der Waals surface area contributed by atoms with Gasteiger partial charge in [0.15, 0.2) is 6.61 Å². The quantitative estimate of drug-likeness (QED) is 0.197. The summed E-state index contributed by atoms with van der Waals surface area (Å²) in [7, 11) is 0. The highest BCUT2D eigenvalue weighted by Gasteiger charge is 2.12. The van der Waals surface area contributed by atoms with Crippen molar-refractivity contribution in [1.29, 1.82) is 0 Å². The van der Waals surface area contributed by atoms with Gasteiger partial charge < -0.3 is 24.8 Å². The summed E-state index contributed by atoms with van der Waals surface area (Å²) < 4.78 is 15.1. The number of hydrogen-bond acceptors (Lipinski definition) is 8. The number of carbonyl (C=O) groups is 5. The molecule has 2 N–H and O–H groups in total. The highest BCUT2D eigenvalue weighted by Crippen LogP contribution is 2.13. The van der Waals surface area contributed by atoms with E-state index in [0.717, 1.165) is 19.3 Å². The van der Waals surface area contributed by atoms with Crippen molar-refractivity contribution in [3.8, 4) is 0 Å². The monoisotopic (exact) mass is 526 g/mol. The molecule has 0 aliphatic carbocycles. The standard InChI is InChI=1S/C28H34N2O8/c1-3-5-18-37-28(35)21-11-15-23(16-12-21)30-25(32)19-38-26(33)8-6-7-24(31)29-22-13-9-20(10-14-22)27(34)36-17-4-2/h9-16H,3-8,17-19H2,1-2H3,(H,29,31)(H,30,32). The Morgan fingerprint density at radius 1 is 0.605 bits per heavy atom. The first-order chi connectivity index (χ1) is 18.3. The topological polar surface area (TPSA) is 137 Å². The number of ether oxygens (including phenoxy) is 3. The normalized spacial score (nSPS) is 10.3. The zero-order valence-corrected chi connectivity index (χ0v) is 21.7. The van der Waals surface area contributed by atoms with Crippen LogP contribution in [-0.4, -0.2) is 49.5 Å². The van der Waals surface area contributed by atoms with Gasteiger partial charge in [-0.25, -0.2) is 9.59 Å². The fraction of sp³-hybridized carbons (Fsp3) is 0.393. The average molecular weight is 527 g/mol. The fourth-order valence-corrected chi connectivity index (χ4v) is 3.08. The summed E-state index contributed by atoms with van der Waals surface area (Å²) in [6.45, 7) is 4.13. The summed E-state index contributed by atoms with van der Waals surface area (Å²) in [5.74, 6) is -2.28. The van der Waals surface area contributed by atoms with E-state index in [0.29, 0.717) is 35.7 Å². The first-order valence-corrected chi connectivity index (χ1v) is 12.6. The first kappa shape index (κ1) is 30.0. The van der Waals surface area contributed by atoms with Crippen molar-refractivity contribution < 1.29 is 38.2 Å². The van der Waals surface area contributed by atoms with Gasteiger partial charge in [0.2, 0.25) is 5.91 Å². The van der Waals surface area contributed by atoms with Crippen LogP contribution in [-0.2, 0) is 28.6 Å².